The van der Waals surface area contributed by atoms with Crippen molar-refractivity contribution in [2.24, 2.45) is 0 Å². The van der Waals surface area contributed by atoms with Gasteiger partial charge in [0.05, 0.1) is 0 Å². The number of aryl methyl sites for hydroxylation is 2. The molecular formula is C18H20FN3O. The summed E-state index contributed by atoms with van der Waals surface area (Å²) >= 11 is 0. The van der Waals surface area contributed by atoms with Crippen molar-refractivity contribution in [3.05, 3.63) is 65.0 Å². The first-order valence-corrected chi connectivity index (χ1v) is 7.68. The molecule has 4 nitrogen and oxygen atoms in total. The predicted molar refractivity (Wildman–Crippen MR) is 88.4 cm³/mol. The molecule has 1 saturated heterocycles. The van der Waals surface area contributed by atoms with Gasteiger partial charge in [0, 0.05) is 11.7 Å². The summed E-state index contributed by atoms with van der Waals surface area (Å²) in [7, 11) is 0. The van der Waals surface area contributed by atoms with Gasteiger partial charge in [-0.25, -0.2) is 15.2 Å². The van der Waals surface area contributed by atoms with Gasteiger partial charge in [0.15, 0.2) is 0 Å². The molecule has 0 saturated carbocycles. The molecule has 0 aromatic heterocycles. The van der Waals surface area contributed by atoms with Crippen LogP contribution in [0.3, 0.4) is 0 Å². The van der Waals surface area contributed by atoms with Crippen LogP contribution in [0.4, 0.5) is 10.1 Å². The number of anilines is 1. The van der Waals surface area contributed by atoms with E-state index in [0.717, 1.165) is 22.4 Å². The third kappa shape index (κ3) is 3.41. The molecule has 0 aliphatic carbocycles. The summed E-state index contributed by atoms with van der Waals surface area (Å²) in [5.74, 6) is -0.330. The fourth-order valence-corrected chi connectivity index (χ4v) is 2.86. The van der Waals surface area contributed by atoms with Gasteiger partial charge in [0.2, 0.25) is 5.91 Å². The van der Waals surface area contributed by atoms with Crippen LogP contribution in [-0.2, 0) is 4.79 Å². The van der Waals surface area contributed by atoms with Gasteiger partial charge >= 0.3 is 0 Å². The van der Waals surface area contributed by atoms with Crippen molar-refractivity contribution < 1.29 is 9.18 Å². The lowest BCUT2D eigenvalue weighted by atomic mass is 10.0. The number of hydrogen-bond acceptors (Lipinski definition) is 3. The van der Waals surface area contributed by atoms with Crippen LogP contribution in [0.15, 0.2) is 42.5 Å². The van der Waals surface area contributed by atoms with E-state index in [-0.39, 0.29) is 23.8 Å². The van der Waals surface area contributed by atoms with Crippen LogP contribution in [0.1, 0.15) is 29.2 Å². The van der Waals surface area contributed by atoms with Crippen LogP contribution in [0.2, 0.25) is 0 Å². The molecule has 1 aliphatic heterocycles. The smallest absolute Gasteiger partial charge is 0.242 e. The molecule has 1 fully saturated rings. The van der Waals surface area contributed by atoms with Gasteiger partial charge in [-0.2, -0.15) is 0 Å². The second kappa shape index (κ2) is 6.48. The molecule has 2 unspecified atom stereocenters. The maximum Gasteiger partial charge on any atom is 0.242 e. The van der Waals surface area contributed by atoms with Gasteiger partial charge in [-0.05, 0) is 49.1 Å². The Hall–Kier alpha value is -2.24. The molecule has 0 radical (unpaired) electrons. The lowest BCUT2D eigenvalue weighted by Crippen LogP contribution is -2.39. The van der Waals surface area contributed by atoms with E-state index in [1.807, 2.05) is 32.0 Å². The average molecular weight is 313 g/mol. The molecule has 3 N–H and O–H groups in total. The monoisotopic (exact) mass is 313 g/mol. The van der Waals surface area contributed by atoms with E-state index in [4.69, 9.17) is 0 Å². The highest BCUT2D eigenvalue weighted by molar-refractivity contribution is 5.96. The number of nitrogens with one attached hydrogen (secondary N) is 3. The van der Waals surface area contributed by atoms with Crippen molar-refractivity contribution in [1.29, 1.82) is 0 Å². The minimum Gasteiger partial charge on any atom is -0.324 e. The molecule has 1 heterocycles. The summed E-state index contributed by atoms with van der Waals surface area (Å²) in [4.78, 5) is 12.5. The van der Waals surface area contributed by atoms with E-state index in [0.29, 0.717) is 6.42 Å². The van der Waals surface area contributed by atoms with Crippen molar-refractivity contribution in [2.45, 2.75) is 32.4 Å². The van der Waals surface area contributed by atoms with Crippen molar-refractivity contribution >= 4 is 11.6 Å². The summed E-state index contributed by atoms with van der Waals surface area (Å²) in [6, 6.07) is 11.9. The number of rotatable bonds is 3. The van der Waals surface area contributed by atoms with E-state index >= 15 is 0 Å². The maximum absolute atomic E-state index is 13.0. The zero-order chi connectivity index (χ0) is 16.4. The summed E-state index contributed by atoms with van der Waals surface area (Å²) in [6.45, 7) is 3.95. The Labute approximate surface area is 135 Å². The molecular weight excluding hydrogens is 293 g/mol. The van der Waals surface area contributed by atoms with E-state index in [1.165, 1.54) is 12.1 Å². The van der Waals surface area contributed by atoms with Crippen molar-refractivity contribution in [2.75, 3.05) is 5.32 Å². The summed E-state index contributed by atoms with van der Waals surface area (Å²) in [5, 5.41) is 3.00. The van der Waals surface area contributed by atoms with Crippen molar-refractivity contribution in [3.8, 4) is 0 Å². The van der Waals surface area contributed by atoms with Gasteiger partial charge in [-0.1, -0.05) is 30.3 Å². The summed E-state index contributed by atoms with van der Waals surface area (Å²) in [5.41, 5.74) is 10.0. The van der Waals surface area contributed by atoms with Gasteiger partial charge < -0.3 is 5.32 Å². The number of para-hydroxylation sites is 1. The van der Waals surface area contributed by atoms with E-state index in [2.05, 4.69) is 16.2 Å². The Bertz CT molecular complexity index is 694. The Balaban J connectivity index is 1.67. The van der Waals surface area contributed by atoms with Crippen molar-refractivity contribution in [1.82, 2.24) is 10.9 Å². The minimum absolute atomic E-state index is 0.00989. The molecule has 1 aliphatic rings. The number of halogens is 1. The highest BCUT2D eigenvalue weighted by atomic mass is 19.1. The predicted octanol–water partition coefficient (Wildman–Crippen LogP) is 2.99. The van der Waals surface area contributed by atoms with Gasteiger partial charge in [-0.3, -0.25) is 4.79 Å². The van der Waals surface area contributed by atoms with Gasteiger partial charge in [0.25, 0.3) is 0 Å². The Morgan fingerprint density at radius 3 is 2.39 bits per heavy atom. The quantitative estimate of drug-likeness (QED) is 0.816. The van der Waals surface area contributed by atoms with E-state index < -0.39 is 0 Å². The average Bonchev–Trinajstić information content (AvgIpc) is 3.02. The molecule has 3 rings (SSSR count). The van der Waals surface area contributed by atoms with Crippen LogP contribution >= 0.6 is 0 Å². The molecule has 2 aromatic rings. The fourth-order valence-electron chi connectivity index (χ4n) is 2.86. The largest absolute Gasteiger partial charge is 0.324 e. The van der Waals surface area contributed by atoms with E-state index in [9.17, 15) is 9.18 Å². The third-order valence-corrected chi connectivity index (χ3v) is 4.22. The summed E-state index contributed by atoms with van der Waals surface area (Å²) in [6.07, 6.45) is 0.613. The van der Waals surface area contributed by atoms with Crippen LogP contribution in [-0.4, -0.2) is 11.9 Å². The molecule has 0 bridgehead atoms. The lowest BCUT2D eigenvalue weighted by Gasteiger charge is -2.14. The van der Waals surface area contributed by atoms with Crippen LogP contribution < -0.4 is 16.2 Å². The SMILES string of the molecule is Cc1cccc(C)c1NC(=O)C1CC(c2ccc(F)cc2)NN1. The molecule has 23 heavy (non-hydrogen) atoms. The standard InChI is InChI=1S/C18H20FN3O/c1-11-4-3-5-12(2)17(11)20-18(23)16-10-15(21-22-16)13-6-8-14(19)9-7-13/h3-9,15-16,21-22H,10H2,1-2H3,(H,20,23). The maximum atomic E-state index is 13.0. The first-order chi connectivity index (χ1) is 11.0. The number of benzene rings is 2. The van der Waals surface area contributed by atoms with Crippen molar-refractivity contribution in [3.63, 3.8) is 0 Å². The normalized spacial score (nSPS) is 20.5. The zero-order valence-electron chi connectivity index (χ0n) is 13.2. The fraction of sp³-hybridized carbons (Fsp3) is 0.278. The molecule has 5 heteroatoms. The second-order valence-corrected chi connectivity index (χ2v) is 5.94. The number of carbonyl (C=O) groups excluding carboxylic acids is 1. The first-order valence-electron chi connectivity index (χ1n) is 7.68. The molecule has 120 valence electrons. The highest BCUT2D eigenvalue weighted by Gasteiger charge is 2.30. The number of hydrazine groups is 1. The van der Waals surface area contributed by atoms with Crippen LogP contribution in [0, 0.1) is 19.7 Å². The Kier molecular flexibility index (Phi) is 4.41. The zero-order valence-corrected chi connectivity index (χ0v) is 13.2. The molecule has 2 atom stereocenters. The molecule has 1 amide bonds. The number of carbonyl (C=O) groups is 1. The van der Waals surface area contributed by atoms with Crippen LogP contribution in [0.25, 0.3) is 0 Å². The topological polar surface area (TPSA) is 53.2 Å². The second-order valence-electron chi connectivity index (χ2n) is 5.94. The highest BCUT2D eigenvalue weighted by Crippen LogP contribution is 2.24. The van der Waals surface area contributed by atoms with Gasteiger partial charge in [0.1, 0.15) is 11.9 Å². The third-order valence-electron chi connectivity index (χ3n) is 4.22. The Morgan fingerprint density at radius 1 is 1.09 bits per heavy atom. The number of hydrogen-bond donors (Lipinski definition) is 3. The Morgan fingerprint density at radius 2 is 1.74 bits per heavy atom. The minimum atomic E-state index is -0.330. The number of amides is 1. The lowest BCUT2D eigenvalue weighted by molar-refractivity contribution is -0.117. The van der Waals surface area contributed by atoms with E-state index in [1.54, 1.807) is 12.1 Å². The molecule has 0 spiro atoms. The first kappa shape index (κ1) is 15.6. The van der Waals surface area contributed by atoms with Crippen LogP contribution in [0.5, 0.6) is 0 Å². The van der Waals surface area contributed by atoms with Gasteiger partial charge in [-0.15, -0.1) is 0 Å². The molecule has 2 aromatic carbocycles. The summed E-state index contributed by atoms with van der Waals surface area (Å²) < 4.78 is 13.0.